The highest BCUT2D eigenvalue weighted by atomic mass is 15.3. The summed E-state index contributed by atoms with van der Waals surface area (Å²) in [6.45, 7) is 0.663. The Morgan fingerprint density at radius 2 is 2.00 bits per heavy atom. The Kier molecular flexibility index (Phi) is 2.75. The lowest BCUT2D eigenvalue weighted by atomic mass is 10.2. The summed E-state index contributed by atoms with van der Waals surface area (Å²) < 4.78 is 3.57. The van der Waals surface area contributed by atoms with Crippen LogP contribution in [0.1, 0.15) is 5.56 Å². The molecule has 19 heavy (non-hydrogen) atoms. The summed E-state index contributed by atoms with van der Waals surface area (Å²) >= 11 is 0. The van der Waals surface area contributed by atoms with Crippen molar-refractivity contribution in [3.8, 4) is 11.4 Å². The van der Waals surface area contributed by atoms with Gasteiger partial charge in [-0.2, -0.15) is 10.2 Å². The highest BCUT2D eigenvalue weighted by molar-refractivity contribution is 5.57. The summed E-state index contributed by atoms with van der Waals surface area (Å²) in [6.07, 6.45) is 5.51. The van der Waals surface area contributed by atoms with Gasteiger partial charge in [-0.3, -0.25) is 4.68 Å². The van der Waals surface area contributed by atoms with Crippen LogP contribution in [0.4, 0.5) is 5.69 Å². The maximum atomic E-state index is 5.66. The second-order valence-electron chi connectivity index (χ2n) is 4.41. The van der Waals surface area contributed by atoms with Crippen LogP contribution in [0.2, 0.25) is 0 Å². The molecule has 0 amide bonds. The van der Waals surface area contributed by atoms with Crippen LogP contribution >= 0.6 is 0 Å². The van der Waals surface area contributed by atoms with Gasteiger partial charge in [0, 0.05) is 30.1 Å². The van der Waals surface area contributed by atoms with E-state index in [0.717, 1.165) is 16.8 Å². The van der Waals surface area contributed by atoms with E-state index in [-0.39, 0.29) is 0 Å². The SMILES string of the molecule is Cn1cc(Cn2cnc(-c3ccc(N)cc3)n2)cn1. The zero-order valence-corrected chi connectivity index (χ0v) is 10.6. The van der Waals surface area contributed by atoms with Crippen molar-refractivity contribution in [2.45, 2.75) is 6.54 Å². The van der Waals surface area contributed by atoms with Gasteiger partial charge in [-0.15, -0.1) is 0 Å². The van der Waals surface area contributed by atoms with Gasteiger partial charge in [-0.25, -0.2) is 9.67 Å². The molecule has 0 aliphatic rings. The number of aromatic nitrogens is 5. The number of aryl methyl sites for hydroxylation is 1. The summed E-state index contributed by atoms with van der Waals surface area (Å²) in [5, 5.41) is 8.57. The van der Waals surface area contributed by atoms with E-state index in [1.807, 2.05) is 43.7 Å². The summed E-state index contributed by atoms with van der Waals surface area (Å²) in [4.78, 5) is 4.30. The van der Waals surface area contributed by atoms with Crippen molar-refractivity contribution in [2.24, 2.45) is 7.05 Å². The van der Waals surface area contributed by atoms with E-state index in [9.17, 15) is 0 Å². The van der Waals surface area contributed by atoms with Gasteiger partial charge in [-0.05, 0) is 24.3 Å². The minimum absolute atomic E-state index is 0.663. The molecule has 3 rings (SSSR count). The van der Waals surface area contributed by atoms with Gasteiger partial charge in [0.05, 0.1) is 12.7 Å². The minimum atomic E-state index is 0.663. The van der Waals surface area contributed by atoms with Crippen LogP contribution in [0, 0.1) is 0 Å². The largest absolute Gasteiger partial charge is 0.399 e. The zero-order valence-electron chi connectivity index (χ0n) is 10.6. The molecule has 0 saturated carbocycles. The number of benzene rings is 1. The maximum Gasteiger partial charge on any atom is 0.181 e. The van der Waals surface area contributed by atoms with Gasteiger partial charge >= 0.3 is 0 Å². The van der Waals surface area contributed by atoms with Crippen LogP contribution in [0.5, 0.6) is 0 Å². The highest BCUT2D eigenvalue weighted by Crippen LogP contribution is 2.16. The van der Waals surface area contributed by atoms with Crippen LogP contribution in [-0.2, 0) is 13.6 Å². The Hall–Kier alpha value is -2.63. The number of rotatable bonds is 3. The number of nitrogens with two attached hydrogens (primary N) is 1. The summed E-state index contributed by atoms with van der Waals surface area (Å²) in [6, 6.07) is 7.52. The average Bonchev–Trinajstić information content (AvgIpc) is 3.00. The highest BCUT2D eigenvalue weighted by Gasteiger charge is 2.05. The third-order valence-corrected chi connectivity index (χ3v) is 2.81. The fourth-order valence-electron chi connectivity index (χ4n) is 1.88. The van der Waals surface area contributed by atoms with E-state index in [2.05, 4.69) is 15.2 Å². The van der Waals surface area contributed by atoms with Crippen molar-refractivity contribution in [1.82, 2.24) is 24.5 Å². The molecule has 0 radical (unpaired) electrons. The minimum Gasteiger partial charge on any atom is -0.399 e. The topological polar surface area (TPSA) is 74.5 Å². The molecule has 0 saturated heterocycles. The van der Waals surface area contributed by atoms with E-state index in [0.29, 0.717) is 12.4 Å². The first-order valence-corrected chi connectivity index (χ1v) is 5.93. The van der Waals surface area contributed by atoms with Crippen LogP contribution in [0.15, 0.2) is 43.0 Å². The number of hydrogen-bond donors (Lipinski definition) is 1. The van der Waals surface area contributed by atoms with Gasteiger partial charge in [0.2, 0.25) is 0 Å². The lowest BCUT2D eigenvalue weighted by Crippen LogP contribution is -1.99. The van der Waals surface area contributed by atoms with E-state index >= 15 is 0 Å². The fraction of sp³-hybridized carbons (Fsp3) is 0.154. The molecule has 6 nitrogen and oxygen atoms in total. The standard InChI is InChI=1S/C13H14N6/c1-18-7-10(6-16-18)8-19-9-15-13(17-19)11-2-4-12(14)5-3-11/h2-7,9H,8,14H2,1H3. The lowest BCUT2D eigenvalue weighted by Gasteiger charge is -1.97. The smallest absolute Gasteiger partial charge is 0.181 e. The average molecular weight is 254 g/mol. The second kappa shape index (κ2) is 4.56. The predicted octanol–water partition coefficient (Wildman–Crippen LogP) is 1.31. The van der Waals surface area contributed by atoms with Gasteiger partial charge < -0.3 is 5.73 Å². The molecule has 0 bridgehead atoms. The van der Waals surface area contributed by atoms with Crippen molar-refractivity contribution in [3.63, 3.8) is 0 Å². The first kappa shape index (κ1) is 11.5. The van der Waals surface area contributed by atoms with Crippen LogP contribution < -0.4 is 5.73 Å². The molecule has 2 N–H and O–H groups in total. The molecule has 2 aromatic heterocycles. The second-order valence-corrected chi connectivity index (χ2v) is 4.41. The van der Waals surface area contributed by atoms with Crippen LogP contribution in [0.3, 0.4) is 0 Å². The third kappa shape index (κ3) is 2.47. The summed E-state index contributed by atoms with van der Waals surface area (Å²) in [7, 11) is 1.89. The molecule has 6 heteroatoms. The molecule has 2 heterocycles. The molecule has 0 fully saturated rings. The van der Waals surface area contributed by atoms with E-state index in [1.165, 1.54) is 0 Å². The quantitative estimate of drug-likeness (QED) is 0.715. The first-order valence-electron chi connectivity index (χ1n) is 5.93. The van der Waals surface area contributed by atoms with Crippen molar-refractivity contribution in [1.29, 1.82) is 0 Å². The Morgan fingerprint density at radius 1 is 1.21 bits per heavy atom. The Labute approximate surface area is 110 Å². The van der Waals surface area contributed by atoms with Gasteiger partial charge in [-0.1, -0.05) is 0 Å². The van der Waals surface area contributed by atoms with E-state index < -0.39 is 0 Å². The number of nitrogens with zero attached hydrogens (tertiary/aromatic N) is 5. The Morgan fingerprint density at radius 3 is 2.68 bits per heavy atom. The normalized spacial score (nSPS) is 10.8. The molecule has 0 atom stereocenters. The Bertz CT molecular complexity index is 679. The monoisotopic (exact) mass is 254 g/mol. The summed E-state index contributed by atoms with van der Waals surface area (Å²) in [5.74, 6) is 0.698. The van der Waals surface area contributed by atoms with Crippen molar-refractivity contribution >= 4 is 5.69 Å². The third-order valence-electron chi connectivity index (χ3n) is 2.81. The Balaban J connectivity index is 1.81. The lowest BCUT2D eigenvalue weighted by molar-refractivity contribution is 0.685. The van der Waals surface area contributed by atoms with Crippen molar-refractivity contribution in [2.75, 3.05) is 5.73 Å². The molecular weight excluding hydrogens is 240 g/mol. The molecular formula is C13H14N6. The van der Waals surface area contributed by atoms with Gasteiger partial charge in [0.25, 0.3) is 0 Å². The summed E-state index contributed by atoms with van der Waals surface area (Å²) in [5.41, 5.74) is 8.45. The molecule has 0 aliphatic heterocycles. The molecule has 0 unspecified atom stereocenters. The zero-order chi connectivity index (χ0) is 13.2. The van der Waals surface area contributed by atoms with Gasteiger partial charge in [0.1, 0.15) is 6.33 Å². The number of anilines is 1. The maximum absolute atomic E-state index is 5.66. The number of nitrogen functional groups attached to an aromatic ring is 1. The van der Waals surface area contributed by atoms with Crippen molar-refractivity contribution in [3.05, 3.63) is 48.5 Å². The van der Waals surface area contributed by atoms with Crippen molar-refractivity contribution < 1.29 is 0 Å². The van der Waals surface area contributed by atoms with E-state index in [1.54, 1.807) is 15.7 Å². The molecule has 3 aromatic rings. The molecule has 1 aromatic carbocycles. The first-order chi connectivity index (χ1) is 9.20. The van der Waals surface area contributed by atoms with Gasteiger partial charge in [0.15, 0.2) is 5.82 Å². The van der Waals surface area contributed by atoms with Crippen LogP contribution in [0.25, 0.3) is 11.4 Å². The molecule has 0 aliphatic carbocycles. The molecule has 96 valence electrons. The van der Waals surface area contributed by atoms with E-state index in [4.69, 9.17) is 5.73 Å². The fourth-order valence-corrected chi connectivity index (χ4v) is 1.88. The number of hydrogen-bond acceptors (Lipinski definition) is 4. The molecule has 0 spiro atoms. The predicted molar refractivity (Wildman–Crippen MR) is 72.2 cm³/mol. The van der Waals surface area contributed by atoms with Crippen LogP contribution in [-0.4, -0.2) is 24.5 Å².